The topological polar surface area (TPSA) is 68.5 Å². The van der Waals surface area contributed by atoms with Gasteiger partial charge in [-0.05, 0) is 48.7 Å². The zero-order valence-electron chi connectivity index (χ0n) is 15.7. The number of anilines is 1. The molecule has 3 heterocycles. The summed E-state index contributed by atoms with van der Waals surface area (Å²) in [7, 11) is 0. The van der Waals surface area contributed by atoms with E-state index in [-0.39, 0.29) is 11.3 Å². The van der Waals surface area contributed by atoms with Gasteiger partial charge in [-0.2, -0.15) is 13.2 Å². The van der Waals surface area contributed by atoms with Crippen molar-refractivity contribution in [1.82, 2.24) is 24.5 Å². The molecule has 4 rings (SSSR count). The molecule has 0 aliphatic rings. The summed E-state index contributed by atoms with van der Waals surface area (Å²) < 4.78 is 41.6. The Bertz CT molecular complexity index is 1170. The minimum atomic E-state index is -4.62. The minimum Gasteiger partial charge on any atom is -0.365 e. The van der Waals surface area contributed by atoms with Crippen LogP contribution in [0.25, 0.3) is 16.9 Å². The highest BCUT2D eigenvalue weighted by Crippen LogP contribution is 2.33. The Morgan fingerprint density at radius 3 is 2.55 bits per heavy atom. The average molecular weight is 398 g/mol. The van der Waals surface area contributed by atoms with Gasteiger partial charge in [-0.15, -0.1) is 0 Å². The first-order valence-corrected chi connectivity index (χ1v) is 8.85. The monoisotopic (exact) mass is 398 g/mol. The van der Waals surface area contributed by atoms with Crippen LogP contribution in [0.15, 0.2) is 49.1 Å². The lowest BCUT2D eigenvalue weighted by atomic mass is 10.1. The lowest BCUT2D eigenvalue weighted by molar-refractivity contribution is -0.145. The molecule has 0 aliphatic carbocycles. The van der Waals surface area contributed by atoms with Crippen molar-refractivity contribution in [3.63, 3.8) is 0 Å². The lowest BCUT2D eigenvalue weighted by Crippen LogP contribution is -2.15. The van der Waals surface area contributed by atoms with Crippen molar-refractivity contribution >= 4 is 16.9 Å². The number of pyridine rings is 1. The van der Waals surface area contributed by atoms with E-state index in [4.69, 9.17) is 0 Å². The Labute approximate surface area is 164 Å². The summed E-state index contributed by atoms with van der Waals surface area (Å²) in [6.07, 6.45) is 1.55. The number of rotatable bonds is 4. The fraction of sp³-hybridized carbons (Fsp3) is 0.200. The maximum atomic E-state index is 13.5. The Balaban J connectivity index is 1.67. The van der Waals surface area contributed by atoms with Crippen molar-refractivity contribution in [1.29, 1.82) is 0 Å². The SMILES string of the molecule is Cc1ccc2c(c1)nc(C(F)(F)F)n2-c1cnc(NCc2ccncc2C)cn1. The van der Waals surface area contributed by atoms with Crippen LogP contribution >= 0.6 is 0 Å². The third-order valence-electron chi connectivity index (χ3n) is 4.53. The Hall–Kier alpha value is -3.49. The molecule has 0 unspecified atom stereocenters. The van der Waals surface area contributed by atoms with E-state index in [1.807, 2.05) is 13.0 Å². The smallest absolute Gasteiger partial charge is 0.365 e. The molecule has 148 valence electrons. The molecule has 0 fully saturated rings. The van der Waals surface area contributed by atoms with E-state index < -0.39 is 12.0 Å². The minimum absolute atomic E-state index is 0.0503. The third-order valence-corrected chi connectivity index (χ3v) is 4.53. The molecule has 29 heavy (non-hydrogen) atoms. The molecule has 1 aromatic carbocycles. The van der Waals surface area contributed by atoms with Crippen molar-refractivity contribution in [2.45, 2.75) is 26.6 Å². The summed E-state index contributed by atoms with van der Waals surface area (Å²) in [6.45, 7) is 4.25. The van der Waals surface area contributed by atoms with Gasteiger partial charge >= 0.3 is 6.18 Å². The fourth-order valence-electron chi connectivity index (χ4n) is 3.03. The van der Waals surface area contributed by atoms with Gasteiger partial charge < -0.3 is 5.32 Å². The van der Waals surface area contributed by atoms with Crippen molar-refractivity contribution in [3.05, 3.63) is 71.6 Å². The Kier molecular flexibility index (Phi) is 4.65. The number of aromatic nitrogens is 5. The summed E-state index contributed by atoms with van der Waals surface area (Å²) in [5.74, 6) is -0.520. The van der Waals surface area contributed by atoms with Gasteiger partial charge in [0.1, 0.15) is 5.82 Å². The molecule has 0 amide bonds. The largest absolute Gasteiger partial charge is 0.450 e. The van der Waals surface area contributed by atoms with Crippen LogP contribution in [-0.4, -0.2) is 24.5 Å². The molecule has 1 N–H and O–H groups in total. The quantitative estimate of drug-likeness (QED) is 0.550. The van der Waals surface area contributed by atoms with Crippen LogP contribution in [0.2, 0.25) is 0 Å². The number of hydrogen-bond donors (Lipinski definition) is 1. The van der Waals surface area contributed by atoms with Crippen LogP contribution in [0.3, 0.4) is 0 Å². The summed E-state index contributed by atoms with van der Waals surface area (Å²) in [5, 5.41) is 3.12. The lowest BCUT2D eigenvalue weighted by Gasteiger charge is -2.11. The van der Waals surface area contributed by atoms with Crippen LogP contribution < -0.4 is 5.32 Å². The second kappa shape index (κ2) is 7.16. The average Bonchev–Trinajstić information content (AvgIpc) is 3.07. The van der Waals surface area contributed by atoms with Gasteiger partial charge in [-0.1, -0.05) is 6.07 Å². The summed E-state index contributed by atoms with van der Waals surface area (Å²) in [6, 6.07) is 6.84. The van der Waals surface area contributed by atoms with Crippen molar-refractivity contribution in [2.24, 2.45) is 0 Å². The van der Waals surface area contributed by atoms with Crippen LogP contribution in [0.5, 0.6) is 0 Å². The molecule has 0 saturated carbocycles. The van der Waals surface area contributed by atoms with Crippen LogP contribution in [-0.2, 0) is 12.7 Å². The number of hydrogen-bond acceptors (Lipinski definition) is 5. The van der Waals surface area contributed by atoms with Crippen molar-refractivity contribution in [3.8, 4) is 5.82 Å². The predicted octanol–water partition coefficient (Wildman–Crippen LogP) is 4.46. The zero-order chi connectivity index (χ0) is 20.6. The van der Waals surface area contributed by atoms with E-state index in [2.05, 4.69) is 25.3 Å². The molecule has 0 spiro atoms. The Morgan fingerprint density at radius 1 is 1.03 bits per heavy atom. The first-order chi connectivity index (χ1) is 13.8. The van der Waals surface area contributed by atoms with Crippen LogP contribution in [0.4, 0.5) is 19.0 Å². The van der Waals surface area contributed by atoms with Crippen LogP contribution in [0, 0.1) is 13.8 Å². The van der Waals surface area contributed by atoms with E-state index in [0.717, 1.165) is 21.3 Å². The number of fused-ring (bicyclic) bond motifs is 1. The van der Waals surface area contributed by atoms with E-state index in [1.165, 1.54) is 12.4 Å². The maximum Gasteiger partial charge on any atom is 0.450 e. The van der Waals surface area contributed by atoms with E-state index in [9.17, 15) is 13.2 Å². The second-order valence-corrected chi connectivity index (χ2v) is 6.68. The third kappa shape index (κ3) is 3.75. The molecule has 0 saturated heterocycles. The molecule has 6 nitrogen and oxygen atoms in total. The fourth-order valence-corrected chi connectivity index (χ4v) is 3.03. The second-order valence-electron chi connectivity index (χ2n) is 6.68. The molecule has 4 aromatic rings. The first-order valence-electron chi connectivity index (χ1n) is 8.85. The molecule has 3 aromatic heterocycles. The van der Waals surface area contributed by atoms with Gasteiger partial charge in [0.2, 0.25) is 5.82 Å². The maximum absolute atomic E-state index is 13.5. The molecule has 0 bridgehead atoms. The first kappa shape index (κ1) is 18.9. The molecule has 0 radical (unpaired) electrons. The van der Waals surface area contributed by atoms with Crippen molar-refractivity contribution in [2.75, 3.05) is 5.32 Å². The van der Waals surface area contributed by atoms with Gasteiger partial charge in [-0.3, -0.25) is 9.55 Å². The summed E-state index contributed by atoms with van der Waals surface area (Å²) in [4.78, 5) is 16.2. The highest BCUT2D eigenvalue weighted by Gasteiger charge is 2.38. The number of alkyl halides is 3. The van der Waals surface area contributed by atoms with Gasteiger partial charge in [0.25, 0.3) is 0 Å². The van der Waals surface area contributed by atoms with E-state index in [1.54, 1.807) is 37.5 Å². The summed E-state index contributed by atoms with van der Waals surface area (Å²) >= 11 is 0. The number of imidazole rings is 1. The predicted molar refractivity (Wildman–Crippen MR) is 103 cm³/mol. The van der Waals surface area contributed by atoms with E-state index in [0.29, 0.717) is 17.9 Å². The van der Waals surface area contributed by atoms with Gasteiger partial charge in [-0.25, -0.2) is 15.0 Å². The number of nitrogens with zero attached hydrogens (tertiary/aromatic N) is 5. The molecule has 0 aliphatic heterocycles. The zero-order valence-corrected chi connectivity index (χ0v) is 15.7. The normalized spacial score (nSPS) is 11.8. The highest BCUT2D eigenvalue weighted by atomic mass is 19.4. The summed E-state index contributed by atoms with van der Waals surface area (Å²) in [5.41, 5.74) is 3.48. The molecular weight excluding hydrogens is 381 g/mol. The van der Waals surface area contributed by atoms with Crippen molar-refractivity contribution < 1.29 is 13.2 Å². The molecule has 0 atom stereocenters. The molecular formula is C20H17F3N6. The number of benzene rings is 1. The standard InChI is InChI=1S/C20H17F3N6/c1-12-3-4-16-15(7-12)28-19(20(21,22)23)29(16)18-11-26-17(10-27-18)25-9-14-5-6-24-8-13(14)2/h3-8,10-11H,9H2,1-2H3,(H,25,26). The number of aryl methyl sites for hydroxylation is 2. The highest BCUT2D eigenvalue weighted by molar-refractivity contribution is 5.78. The van der Waals surface area contributed by atoms with Gasteiger partial charge in [0.15, 0.2) is 5.82 Å². The van der Waals surface area contributed by atoms with Gasteiger partial charge in [0, 0.05) is 18.9 Å². The number of halogens is 3. The van der Waals surface area contributed by atoms with E-state index >= 15 is 0 Å². The van der Waals surface area contributed by atoms with Crippen LogP contribution in [0.1, 0.15) is 22.5 Å². The van der Waals surface area contributed by atoms with Gasteiger partial charge in [0.05, 0.1) is 23.4 Å². The molecule has 9 heteroatoms. The number of nitrogens with one attached hydrogen (secondary N) is 1. The Morgan fingerprint density at radius 2 is 1.86 bits per heavy atom.